The topological polar surface area (TPSA) is 143 Å². The van der Waals surface area contributed by atoms with Crippen molar-refractivity contribution in [1.29, 1.82) is 0 Å². The maximum atomic E-state index is 14.3. The van der Waals surface area contributed by atoms with Crippen LogP contribution in [0.3, 0.4) is 0 Å². The van der Waals surface area contributed by atoms with E-state index in [-0.39, 0.29) is 35.3 Å². The second-order valence-electron chi connectivity index (χ2n) is 10.2. The van der Waals surface area contributed by atoms with Crippen LogP contribution < -0.4 is 15.4 Å². The van der Waals surface area contributed by atoms with Gasteiger partial charge in [0.05, 0.1) is 47.5 Å². The predicted molar refractivity (Wildman–Crippen MR) is 156 cm³/mol. The first-order valence-corrected chi connectivity index (χ1v) is 15.7. The molecule has 230 valence electrons. The number of nitrogens with one attached hydrogen (secondary N) is 2. The smallest absolute Gasteiger partial charge is 0.244 e. The van der Waals surface area contributed by atoms with E-state index in [0.717, 1.165) is 16.4 Å². The minimum Gasteiger partial charge on any atom is -0.497 e. The molecule has 15 heteroatoms. The zero-order chi connectivity index (χ0) is 30.9. The summed E-state index contributed by atoms with van der Waals surface area (Å²) in [4.78, 5) is 21.9. The van der Waals surface area contributed by atoms with Crippen molar-refractivity contribution in [2.45, 2.75) is 49.1 Å². The first kappa shape index (κ1) is 31.2. The lowest BCUT2D eigenvalue weighted by molar-refractivity contribution is -0.125. The van der Waals surface area contributed by atoms with Crippen LogP contribution >= 0.6 is 15.9 Å². The van der Waals surface area contributed by atoms with Gasteiger partial charge in [0.25, 0.3) is 0 Å². The van der Waals surface area contributed by atoms with Crippen LogP contribution in [0.2, 0.25) is 0 Å². The number of alkyl halides is 1. The Kier molecular flexibility index (Phi) is 9.27. The van der Waals surface area contributed by atoms with Gasteiger partial charge >= 0.3 is 0 Å². The van der Waals surface area contributed by atoms with Gasteiger partial charge in [-0.3, -0.25) is 4.79 Å². The molecule has 1 saturated heterocycles. The van der Waals surface area contributed by atoms with Crippen molar-refractivity contribution < 1.29 is 36.6 Å². The zero-order valence-corrected chi connectivity index (χ0v) is 25.7. The summed E-state index contributed by atoms with van der Waals surface area (Å²) in [5, 5.41) is 15.5. The monoisotopic (exact) mass is 681 g/mol. The van der Waals surface area contributed by atoms with Crippen LogP contribution in [-0.4, -0.2) is 78.9 Å². The number of hydrogen-bond acceptors (Lipinski definition) is 9. The van der Waals surface area contributed by atoms with E-state index in [4.69, 9.17) is 9.47 Å². The van der Waals surface area contributed by atoms with Gasteiger partial charge in [-0.2, -0.15) is 4.31 Å². The van der Waals surface area contributed by atoms with E-state index in [1.807, 2.05) is 0 Å². The number of carbonyl (C=O) groups excluding carboxylic acids is 1. The lowest BCUT2D eigenvalue weighted by Gasteiger charge is -2.26. The number of aliphatic hydroxyl groups excluding tert-OH is 1. The Morgan fingerprint density at radius 3 is 2.81 bits per heavy atom. The normalized spacial score (nSPS) is 21.1. The number of rotatable bonds is 9. The van der Waals surface area contributed by atoms with Crippen molar-refractivity contribution in [2.24, 2.45) is 0 Å². The summed E-state index contributed by atoms with van der Waals surface area (Å²) in [6, 6.07) is 5.98. The van der Waals surface area contributed by atoms with Gasteiger partial charge in [0.1, 0.15) is 23.8 Å². The molecule has 2 aliphatic heterocycles. The van der Waals surface area contributed by atoms with Crippen molar-refractivity contribution in [1.82, 2.24) is 19.6 Å². The summed E-state index contributed by atoms with van der Waals surface area (Å²) in [5.74, 6) is -0.890. The van der Waals surface area contributed by atoms with Crippen molar-refractivity contribution in [3.05, 3.63) is 64.0 Å². The van der Waals surface area contributed by atoms with Crippen LogP contribution in [-0.2, 0) is 26.1 Å². The van der Waals surface area contributed by atoms with Crippen molar-refractivity contribution in [3.8, 4) is 17.0 Å². The Bertz CT molecular complexity index is 1630. The van der Waals surface area contributed by atoms with Gasteiger partial charge in [-0.25, -0.2) is 27.2 Å². The minimum absolute atomic E-state index is 0.0170. The molecule has 11 nitrogen and oxygen atoms in total. The van der Waals surface area contributed by atoms with E-state index >= 15 is 0 Å². The van der Waals surface area contributed by atoms with Gasteiger partial charge in [0.2, 0.25) is 21.9 Å². The Hall–Kier alpha value is -3.24. The second kappa shape index (κ2) is 12.8. The number of aliphatic hydroxyl groups is 1. The van der Waals surface area contributed by atoms with Gasteiger partial charge in [0.15, 0.2) is 0 Å². The highest BCUT2D eigenvalue weighted by molar-refractivity contribution is 9.10. The number of aromatic nitrogens is 2. The molecule has 2 aromatic carbocycles. The molecule has 3 N–H and O–H groups in total. The Balaban J connectivity index is 1.35. The quantitative estimate of drug-likeness (QED) is 0.310. The summed E-state index contributed by atoms with van der Waals surface area (Å²) in [5.41, 5.74) is 1.63. The SMILES string of the molecule is COc1cc(F)cc(C(CO)NC(=O)C(C)N2Cc3ccc(-c4nc(NC5CCOCC5F)ncc4Br)cc3S2(=O)=O)c1. The molecule has 1 aromatic heterocycles. The van der Waals surface area contributed by atoms with Crippen LogP contribution in [0.15, 0.2) is 52.0 Å². The zero-order valence-electron chi connectivity index (χ0n) is 23.3. The Labute approximate surface area is 255 Å². The summed E-state index contributed by atoms with van der Waals surface area (Å²) >= 11 is 3.42. The van der Waals surface area contributed by atoms with Gasteiger partial charge in [-0.05, 0) is 58.6 Å². The predicted octanol–water partition coefficient (Wildman–Crippen LogP) is 3.34. The lowest BCUT2D eigenvalue weighted by atomic mass is 10.1. The number of nitrogens with zero attached hydrogens (tertiary/aromatic N) is 3. The molecule has 4 atom stereocenters. The van der Waals surface area contributed by atoms with Gasteiger partial charge in [0, 0.05) is 31.0 Å². The number of carbonyl (C=O) groups is 1. The summed E-state index contributed by atoms with van der Waals surface area (Å²) in [7, 11) is -2.74. The summed E-state index contributed by atoms with van der Waals surface area (Å²) in [6.07, 6.45) is 0.733. The summed E-state index contributed by atoms with van der Waals surface area (Å²) in [6.45, 7) is 1.23. The third-order valence-corrected chi connectivity index (χ3v) is 10.0. The van der Waals surface area contributed by atoms with Crippen LogP contribution in [0.4, 0.5) is 14.7 Å². The highest BCUT2D eigenvalue weighted by Crippen LogP contribution is 2.37. The number of amides is 1. The number of hydrogen-bond donors (Lipinski definition) is 3. The van der Waals surface area contributed by atoms with E-state index in [1.165, 1.54) is 32.4 Å². The molecule has 3 heterocycles. The minimum atomic E-state index is -4.11. The van der Waals surface area contributed by atoms with Gasteiger partial charge in [-0.15, -0.1) is 0 Å². The summed E-state index contributed by atoms with van der Waals surface area (Å²) < 4.78 is 67.4. The fourth-order valence-corrected chi connectivity index (χ4v) is 7.26. The maximum Gasteiger partial charge on any atom is 0.244 e. The van der Waals surface area contributed by atoms with Crippen molar-refractivity contribution in [3.63, 3.8) is 0 Å². The maximum absolute atomic E-state index is 14.3. The molecule has 1 amide bonds. The molecule has 0 radical (unpaired) electrons. The van der Waals surface area contributed by atoms with Crippen LogP contribution in [0.1, 0.15) is 30.5 Å². The number of methoxy groups -OCH3 is 1. The number of sulfonamides is 1. The van der Waals surface area contributed by atoms with E-state index in [9.17, 15) is 27.1 Å². The van der Waals surface area contributed by atoms with Crippen LogP contribution in [0, 0.1) is 5.82 Å². The fraction of sp³-hybridized carbons (Fsp3) is 0.393. The third-order valence-electron chi connectivity index (χ3n) is 7.44. The average Bonchev–Trinajstić information content (AvgIpc) is 3.26. The highest BCUT2D eigenvalue weighted by Gasteiger charge is 2.41. The molecule has 0 bridgehead atoms. The van der Waals surface area contributed by atoms with Crippen molar-refractivity contribution in [2.75, 3.05) is 32.2 Å². The number of halogens is 3. The fourth-order valence-electron chi connectivity index (χ4n) is 5.03. The van der Waals surface area contributed by atoms with Crippen LogP contribution in [0.25, 0.3) is 11.3 Å². The average molecular weight is 683 g/mol. The lowest BCUT2D eigenvalue weighted by Crippen LogP contribution is -2.46. The Morgan fingerprint density at radius 2 is 2.09 bits per heavy atom. The molecule has 0 spiro atoms. The standard InChI is InChI=1S/C28H30BrF2N5O6S/c1-15(27(38)33-24(13-37)18-7-19(30)10-20(8-18)41-2)36-12-17-4-3-16(9-25(17)43(36,39)40)26-21(29)11-32-28(35-26)34-23-5-6-42-14-22(23)31/h3-4,7-11,15,22-24,37H,5-6,12-14H2,1-2H3,(H,33,38)(H,32,34,35). The molecular formula is C28H30BrF2N5O6S. The third kappa shape index (κ3) is 6.50. The number of fused-ring (bicyclic) bond motifs is 1. The second-order valence-corrected chi connectivity index (χ2v) is 13.0. The van der Waals surface area contributed by atoms with E-state index in [0.29, 0.717) is 34.3 Å². The van der Waals surface area contributed by atoms with Crippen LogP contribution in [0.5, 0.6) is 5.75 Å². The number of ether oxygens (including phenoxy) is 2. The van der Waals surface area contributed by atoms with E-state index in [2.05, 4.69) is 36.5 Å². The number of anilines is 1. The van der Waals surface area contributed by atoms with E-state index < -0.39 is 52.7 Å². The van der Waals surface area contributed by atoms with E-state index in [1.54, 1.807) is 12.1 Å². The molecular weight excluding hydrogens is 652 g/mol. The van der Waals surface area contributed by atoms with Gasteiger partial charge < -0.3 is 25.2 Å². The molecule has 0 aliphatic carbocycles. The molecule has 0 saturated carbocycles. The largest absolute Gasteiger partial charge is 0.497 e. The molecule has 3 aromatic rings. The molecule has 1 fully saturated rings. The Morgan fingerprint density at radius 1 is 1.30 bits per heavy atom. The molecule has 43 heavy (non-hydrogen) atoms. The highest BCUT2D eigenvalue weighted by atomic mass is 79.9. The molecule has 4 unspecified atom stereocenters. The molecule has 2 aliphatic rings. The molecule has 5 rings (SSSR count). The first-order chi connectivity index (χ1) is 20.5. The van der Waals surface area contributed by atoms with Crippen molar-refractivity contribution >= 4 is 37.8 Å². The number of benzene rings is 2. The first-order valence-electron chi connectivity index (χ1n) is 13.4. The van der Waals surface area contributed by atoms with Gasteiger partial charge in [-0.1, -0.05) is 12.1 Å².